The van der Waals surface area contributed by atoms with E-state index >= 15 is 0 Å². The number of aromatic nitrogens is 1. The summed E-state index contributed by atoms with van der Waals surface area (Å²) in [5.74, 6) is 0.864. The lowest BCUT2D eigenvalue weighted by atomic mass is 9.82. The van der Waals surface area contributed by atoms with Gasteiger partial charge in [0.25, 0.3) is 0 Å². The van der Waals surface area contributed by atoms with Crippen molar-refractivity contribution in [2.45, 2.75) is 19.3 Å². The first-order valence-corrected chi connectivity index (χ1v) is 17.9. The van der Waals surface area contributed by atoms with Crippen LogP contribution in [-0.2, 0) is 5.41 Å². The molecule has 10 rings (SSSR count). The fourth-order valence-electron chi connectivity index (χ4n) is 8.32. The van der Waals surface area contributed by atoms with Crippen LogP contribution in [0.2, 0.25) is 0 Å². The van der Waals surface area contributed by atoms with E-state index in [9.17, 15) is 0 Å². The van der Waals surface area contributed by atoms with E-state index in [1.54, 1.807) is 6.26 Å². The molecule has 0 radical (unpaired) electrons. The van der Waals surface area contributed by atoms with Crippen molar-refractivity contribution < 1.29 is 4.42 Å². The van der Waals surface area contributed by atoms with Gasteiger partial charge in [-0.15, -0.1) is 0 Å². The molecule has 0 bridgehead atoms. The number of hydrogen-bond acceptors (Lipinski definition) is 2. The van der Waals surface area contributed by atoms with Gasteiger partial charge in [0.05, 0.1) is 17.3 Å². The molecule has 0 fully saturated rings. The van der Waals surface area contributed by atoms with E-state index in [0.29, 0.717) is 0 Å². The summed E-state index contributed by atoms with van der Waals surface area (Å²) in [5.41, 5.74) is 15.6. The van der Waals surface area contributed by atoms with Crippen LogP contribution < -0.4 is 4.90 Å². The number of para-hydroxylation sites is 2. The smallest absolute Gasteiger partial charge is 0.133 e. The molecular weight excluding hydrogens is 633 g/mol. The minimum Gasteiger partial charge on any atom is -0.464 e. The number of anilines is 3. The highest BCUT2D eigenvalue weighted by molar-refractivity contribution is 6.09. The van der Waals surface area contributed by atoms with Gasteiger partial charge in [0.15, 0.2) is 0 Å². The topological polar surface area (TPSA) is 21.3 Å². The van der Waals surface area contributed by atoms with Gasteiger partial charge in [-0.2, -0.15) is 0 Å². The SMILES string of the molecule is CC1(C)c2ccccc2-c2cc(N(c3ccc(-c4ccc(-n5c6ccccc6c6ccccc65)cc4)cc3)c3ccc(-c4ccco4)cc3)ccc21. The molecule has 3 heteroatoms. The summed E-state index contributed by atoms with van der Waals surface area (Å²) in [7, 11) is 0. The summed E-state index contributed by atoms with van der Waals surface area (Å²) in [6, 6.07) is 63.6. The van der Waals surface area contributed by atoms with Crippen molar-refractivity contribution in [3.05, 3.63) is 193 Å². The van der Waals surface area contributed by atoms with Gasteiger partial charge in [-0.3, -0.25) is 0 Å². The van der Waals surface area contributed by atoms with E-state index < -0.39 is 0 Å². The molecular formula is C49H36N2O. The van der Waals surface area contributed by atoms with Crippen LogP contribution in [0.5, 0.6) is 0 Å². The maximum absolute atomic E-state index is 5.70. The Hall–Kier alpha value is -6.58. The number of rotatable bonds is 6. The van der Waals surface area contributed by atoms with Crippen LogP contribution >= 0.6 is 0 Å². The van der Waals surface area contributed by atoms with Gasteiger partial charge in [0.1, 0.15) is 5.76 Å². The predicted octanol–water partition coefficient (Wildman–Crippen LogP) is 13.5. The molecule has 9 aromatic rings. The third-order valence-electron chi connectivity index (χ3n) is 10.9. The fraction of sp³-hybridized carbons (Fsp3) is 0.0612. The summed E-state index contributed by atoms with van der Waals surface area (Å²) < 4.78 is 8.06. The van der Waals surface area contributed by atoms with Crippen LogP contribution in [-0.4, -0.2) is 4.57 Å². The summed E-state index contributed by atoms with van der Waals surface area (Å²) >= 11 is 0. The second kappa shape index (κ2) is 11.8. The summed E-state index contributed by atoms with van der Waals surface area (Å²) in [6.45, 7) is 4.66. The fourth-order valence-corrected chi connectivity index (χ4v) is 8.32. The van der Waals surface area contributed by atoms with Gasteiger partial charge in [-0.05, 0) is 118 Å². The molecule has 0 saturated carbocycles. The maximum atomic E-state index is 5.70. The quantitative estimate of drug-likeness (QED) is 0.176. The third-order valence-corrected chi connectivity index (χ3v) is 10.9. The lowest BCUT2D eigenvalue weighted by molar-refractivity contribution is 0.582. The molecule has 3 nitrogen and oxygen atoms in total. The van der Waals surface area contributed by atoms with Gasteiger partial charge < -0.3 is 13.9 Å². The second-order valence-corrected chi connectivity index (χ2v) is 14.2. The zero-order valence-electron chi connectivity index (χ0n) is 29.1. The molecule has 0 saturated heterocycles. The number of furan rings is 1. The normalized spacial score (nSPS) is 13.0. The Bertz CT molecular complexity index is 2680. The standard InChI is InChI=1S/C49H36N2O/c1-49(2)44-13-6-3-10-40(44)43-32-39(29-30-45(43)49)50(37-27-21-35(22-28-37)48-16-9-31-52-48)36-23-17-33(18-24-36)34-19-25-38(26-20-34)51-46-14-7-4-11-41(46)42-12-5-8-15-47(42)51/h3-32H,1-2H3. The molecule has 248 valence electrons. The molecule has 0 atom stereocenters. The molecule has 0 amide bonds. The molecule has 1 aliphatic rings. The molecule has 7 aromatic carbocycles. The largest absolute Gasteiger partial charge is 0.464 e. The van der Waals surface area contributed by atoms with Crippen molar-refractivity contribution in [3.63, 3.8) is 0 Å². The van der Waals surface area contributed by atoms with Gasteiger partial charge in [-0.1, -0.05) is 105 Å². The molecule has 0 N–H and O–H groups in total. The molecule has 1 aliphatic carbocycles. The Morgan fingerprint density at radius 2 is 1.00 bits per heavy atom. The number of benzene rings is 7. The predicted molar refractivity (Wildman–Crippen MR) is 216 cm³/mol. The van der Waals surface area contributed by atoms with Gasteiger partial charge in [0, 0.05) is 44.5 Å². The number of fused-ring (bicyclic) bond motifs is 6. The summed E-state index contributed by atoms with van der Waals surface area (Å²) in [6.07, 6.45) is 1.72. The molecule has 2 aromatic heterocycles. The Labute approximate surface area is 303 Å². The van der Waals surface area contributed by atoms with Crippen molar-refractivity contribution in [1.29, 1.82) is 0 Å². The first kappa shape index (κ1) is 30.3. The number of nitrogens with zero attached hydrogens (tertiary/aromatic N) is 2. The highest BCUT2D eigenvalue weighted by atomic mass is 16.3. The molecule has 2 heterocycles. The van der Waals surface area contributed by atoms with Crippen molar-refractivity contribution in [2.24, 2.45) is 0 Å². The van der Waals surface area contributed by atoms with E-state index in [1.807, 2.05) is 12.1 Å². The van der Waals surface area contributed by atoms with E-state index in [0.717, 1.165) is 34.1 Å². The van der Waals surface area contributed by atoms with E-state index in [4.69, 9.17) is 4.42 Å². The summed E-state index contributed by atoms with van der Waals surface area (Å²) in [5, 5.41) is 2.54. The van der Waals surface area contributed by atoms with Crippen molar-refractivity contribution in [3.8, 4) is 39.3 Å². The van der Waals surface area contributed by atoms with E-state index in [-0.39, 0.29) is 5.41 Å². The van der Waals surface area contributed by atoms with Crippen molar-refractivity contribution in [2.75, 3.05) is 4.90 Å². The highest BCUT2D eigenvalue weighted by Crippen LogP contribution is 2.50. The lowest BCUT2D eigenvalue weighted by Crippen LogP contribution is -2.15. The van der Waals surface area contributed by atoms with Gasteiger partial charge in [0.2, 0.25) is 0 Å². The third kappa shape index (κ3) is 4.74. The minimum absolute atomic E-state index is 0.0429. The van der Waals surface area contributed by atoms with Crippen LogP contribution in [0.1, 0.15) is 25.0 Å². The molecule has 0 spiro atoms. The van der Waals surface area contributed by atoms with Crippen molar-refractivity contribution in [1.82, 2.24) is 4.57 Å². The second-order valence-electron chi connectivity index (χ2n) is 14.2. The van der Waals surface area contributed by atoms with E-state index in [1.165, 1.54) is 55.2 Å². The Balaban J connectivity index is 1.03. The van der Waals surface area contributed by atoms with Crippen LogP contribution in [0.15, 0.2) is 187 Å². The zero-order chi connectivity index (χ0) is 34.8. The van der Waals surface area contributed by atoms with Crippen LogP contribution in [0, 0.1) is 0 Å². The minimum atomic E-state index is -0.0429. The molecule has 52 heavy (non-hydrogen) atoms. The lowest BCUT2D eigenvalue weighted by Gasteiger charge is -2.27. The Kier molecular flexibility index (Phi) is 6.84. The molecule has 0 aliphatic heterocycles. The Morgan fingerprint density at radius 1 is 0.462 bits per heavy atom. The van der Waals surface area contributed by atoms with Crippen LogP contribution in [0.3, 0.4) is 0 Å². The monoisotopic (exact) mass is 668 g/mol. The van der Waals surface area contributed by atoms with Crippen LogP contribution in [0.4, 0.5) is 17.1 Å². The maximum Gasteiger partial charge on any atom is 0.133 e. The van der Waals surface area contributed by atoms with Crippen molar-refractivity contribution >= 4 is 38.9 Å². The van der Waals surface area contributed by atoms with Gasteiger partial charge >= 0.3 is 0 Å². The number of hydrogen-bond donors (Lipinski definition) is 0. The van der Waals surface area contributed by atoms with E-state index in [2.05, 4.69) is 187 Å². The van der Waals surface area contributed by atoms with Gasteiger partial charge in [-0.25, -0.2) is 0 Å². The highest BCUT2D eigenvalue weighted by Gasteiger charge is 2.35. The summed E-state index contributed by atoms with van der Waals surface area (Å²) in [4.78, 5) is 2.36. The zero-order valence-corrected chi connectivity index (χ0v) is 29.1. The Morgan fingerprint density at radius 3 is 1.63 bits per heavy atom. The van der Waals surface area contributed by atoms with Crippen LogP contribution in [0.25, 0.3) is 61.1 Å². The average Bonchev–Trinajstić information content (AvgIpc) is 3.91. The first-order valence-electron chi connectivity index (χ1n) is 17.9. The average molecular weight is 669 g/mol. The molecule has 0 unspecified atom stereocenters. The first-order chi connectivity index (χ1) is 25.5.